The van der Waals surface area contributed by atoms with Gasteiger partial charge in [0, 0.05) is 11.1 Å². The quantitative estimate of drug-likeness (QED) is 0.628. The number of rotatable bonds is 2. The molecule has 0 fully saturated rings. The first-order valence-corrected chi connectivity index (χ1v) is 6.26. The van der Waals surface area contributed by atoms with Gasteiger partial charge in [-0.2, -0.15) is 0 Å². The number of fused-ring (bicyclic) bond motifs is 1. The molecule has 4 heteroatoms. The molecule has 0 unspecified atom stereocenters. The minimum absolute atomic E-state index is 0.0422. The molecule has 19 heavy (non-hydrogen) atoms. The van der Waals surface area contributed by atoms with Crippen molar-refractivity contribution in [2.24, 2.45) is 0 Å². The van der Waals surface area contributed by atoms with Crippen molar-refractivity contribution < 1.29 is 13.2 Å². The van der Waals surface area contributed by atoms with Gasteiger partial charge in [-0.1, -0.05) is 20.8 Å². The van der Waals surface area contributed by atoms with Crippen molar-refractivity contribution in [3.8, 4) is 0 Å². The Kier molecular flexibility index (Phi) is 3.43. The van der Waals surface area contributed by atoms with E-state index in [-0.39, 0.29) is 16.9 Å². The molecule has 0 aliphatic heterocycles. The van der Waals surface area contributed by atoms with Gasteiger partial charge in [-0.15, -0.1) is 0 Å². The first-order valence-electron chi connectivity index (χ1n) is 6.26. The molecule has 0 bridgehead atoms. The summed E-state index contributed by atoms with van der Waals surface area (Å²) in [6, 6.07) is 3.06. The first kappa shape index (κ1) is 13.7. The lowest BCUT2D eigenvalue weighted by atomic mass is 9.90. The zero-order valence-electron chi connectivity index (χ0n) is 11.2. The van der Waals surface area contributed by atoms with Gasteiger partial charge in [0.15, 0.2) is 17.5 Å². The molecule has 0 heterocycles. The van der Waals surface area contributed by atoms with E-state index in [1.54, 1.807) is 13.0 Å². The molecule has 2 aromatic rings. The number of nitrogens with two attached hydrogens (primary N) is 1. The number of nitrogen functional groups attached to an aromatic ring is 1. The van der Waals surface area contributed by atoms with Gasteiger partial charge < -0.3 is 5.73 Å². The molecule has 0 amide bonds. The van der Waals surface area contributed by atoms with Gasteiger partial charge in [0.1, 0.15) is 0 Å². The van der Waals surface area contributed by atoms with Crippen LogP contribution < -0.4 is 5.73 Å². The summed E-state index contributed by atoms with van der Waals surface area (Å²) in [6.07, 6.45) is 0.295. The molecule has 2 aromatic carbocycles. The third kappa shape index (κ3) is 2.05. The lowest BCUT2D eigenvalue weighted by molar-refractivity contribution is 0.448. The minimum atomic E-state index is -1.43. The van der Waals surface area contributed by atoms with Crippen molar-refractivity contribution >= 4 is 16.5 Å². The molecular formula is C15H16F3N. The number of benzene rings is 2. The number of anilines is 1. The second-order valence-corrected chi connectivity index (χ2v) is 4.96. The maximum absolute atomic E-state index is 13.9. The lowest BCUT2D eigenvalue weighted by Gasteiger charge is -2.16. The lowest BCUT2D eigenvalue weighted by Crippen LogP contribution is -2.04. The molecule has 0 radical (unpaired) electrons. The van der Waals surface area contributed by atoms with E-state index >= 15 is 0 Å². The number of halogens is 3. The largest absolute Gasteiger partial charge is 0.399 e. The van der Waals surface area contributed by atoms with Crippen LogP contribution in [0.5, 0.6) is 0 Å². The highest BCUT2D eigenvalue weighted by Gasteiger charge is 2.22. The minimum Gasteiger partial charge on any atom is -0.399 e. The van der Waals surface area contributed by atoms with Gasteiger partial charge >= 0.3 is 0 Å². The van der Waals surface area contributed by atoms with E-state index in [0.717, 1.165) is 5.56 Å². The van der Waals surface area contributed by atoms with Gasteiger partial charge in [0.25, 0.3) is 0 Å². The third-order valence-electron chi connectivity index (χ3n) is 3.36. The fourth-order valence-corrected chi connectivity index (χ4v) is 2.44. The SMILES string of the molecule is CCc1c(F)c(F)c(F)c2cc(N)cc(C(C)C)c12. The molecule has 102 valence electrons. The number of hydrogen-bond acceptors (Lipinski definition) is 1. The topological polar surface area (TPSA) is 26.0 Å². The van der Waals surface area contributed by atoms with E-state index in [0.29, 0.717) is 17.5 Å². The Morgan fingerprint density at radius 1 is 1.05 bits per heavy atom. The molecule has 0 aliphatic carbocycles. The van der Waals surface area contributed by atoms with Crippen LogP contribution in [0.1, 0.15) is 37.8 Å². The van der Waals surface area contributed by atoms with Crippen molar-refractivity contribution in [2.75, 3.05) is 5.73 Å². The summed E-state index contributed by atoms with van der Waals surface area (Å²) >= 11 is 0. The standard InChI is InChI=1S/C15H16F3N/c1-4-9-12-10(7(2)3)5-8(19)6-11(12)14(17)15(18)13(9)16/h5-7H,4,19H2,1-3H3. The Labute approximate surface area is 110 Å². The van der Waals surface area contributed by atoms with E-state index in [2.05, 4.69) is 0 Å². The predicted molar refractivity (Wildman–Crippen MR) is 71.7 cm³/mol. The maximum Gasteiger partial charge on any atom is 0.195 e. The van der Waals surface area contributed by atoms with Crippen LogP contribution in [-0.4, -0.2) is 0 Å². The second kappa shape index (κ2) is 4.76. The van der Waals surface area contributed by atoms with Gasteiger partial charge in [-0.05, 0) is 41.0 Å². The summed E-state index contributed by atoms with van der Waals surface area (Å²) in [5, 5.41) is 0.502. The molecule has 0 aromatic heterocycles. The van der Waals surface area contributed by atoms with Gasteiger partial charge in [0.2, 0.25) is 0 Å². The van der Waals surface area contributed by atoms with E-state index in [9.17, 15) is 13.2 Å². The normalized spacial score (nSPS) is 11.5. The van der Waals surface area contributed by atoms with E-state index in [1.807, 2.05) is 13.8 Å². The predicted octanol–water partition coefficient (Wildman–Crippen LogP) is 4.53. The highest BCUT2D eigenvalue weighted by atomic mass is 19.2. The third-order valence-corrected chi connectivity index (χ3v) is 3.36. The van der Waals surface area contributed by atoms with Gasteiger partial charge in [0.05, 0.1) is 0 Å². The van der Waals surface area contributed by atoms with Crippen molar-refractivity contribution in [3.63, 3.8) is 0 Å². The zero-order chi connectivity index (χ0) is 14.3. The Bertz CT molecular complexity index is 648. The number of aryl methyl sites for hydroxylation is 1. The monoisotopic (exact) mass is 267 g/mol. The Morgan fingerprint density at radius 3 is 2.21 bits per heavy atom. The zero-order valence-corrected chi connectivity index (χ0v) is 11.2. The van der Waals surface area contributed by atoms with Crippen LogP contribution in [0.15, 0.2) is 12.1 Å². The smallest absolute Gasteiger partial charge is 0.195 e. The van der Waals surface area contributed by atoms with Crippen molar-refractivity contribution in [3.05, 3.63) is 40.7 Å². The fourth-order valence-electron chi connectivity index (χ4n) is 2.44. The van der Waals surface area contributed by atoms with Crippen LogP contribution in [0.25, 0.3) is 10.8 Å². The molecule has 0 spiro atoms. The Morgan fingerprint density at radius 2 is 1.68 bits per heavy atom. The summed E-state index contributed by atoms with van der Waals surface area (Å²) in [7, 11) is 0. The summed E-state index contributed by atoms with van der Waals surface area (Å²) < 4.78 is 41.4. The average molecular weight is 267 g/mol. The summed E-state index contributed by atoms with van der Waals surface area (Å²) in [5.41, 5.74) is 7.02. The van der Waals surface area contributed by atoms with E-state index in [4.69, 9.17) is 5.73 Å². The molecule has 2 N–H and O–H groups in total. The highest BCUT2D eigenvalue weighted by molar-refractivity contribution is 5.92. The molecule has 0 saturated heterocycles. The molecular weight excluding hydrogens is 251 g/mol. The summed E-state index contributed by atoms with van der Waals surface area (Å²) in [5.74, 6) is -3.65. The van der Waals surface area contributed by atoms with Gasteiger partial charge in [-0.25, -0.2) is 13.2 Å². The van der Waals surface area contributed by atoms with E-state index < -0.39 is 17.5 Å². The van der Waals surface area contributed by atoms with Crippen LogP contribution in [0.3, 0.4) is 0 Å². The second-order valence-electron chi connectivity index (χ2n) is 4.96. The van der Waals surface area contributed by atoms with Crippen LogP contribution >= 0.6 is 0 Å². The fraction of sp³-hybridized carbons (Fsp3) is 0.333. The summed E-state index contributed by atoms with van der Waals surface area (Å²) in [4.78, 5) is 0. The first-order chi connectivity index (χ1) is 8.88. The Balaban J connectivity index is 3.06. The molecule has 1 nitrogen and oxygen atoms in total. The number of hydrogen-bond donors (Lipinski definition) is 1. The van der Waals surface area contributed by atoms with Crippen LogP contribution in [-0.2, 0) is 6.42 Å². The Hall–Kier alpha value is -1.71. The van der Waals surface area contributed by atoms with Crippen LogP contribution in [0.4, 0.5) is 18.9 Å². The van der Waals surface area contributed by atoms with Crippen LogP contribution in [0, 0.1) is 17.5 Å². The average Bonchev–Trinajstić information content (AvgIpc) is 2.36. The summed E-state index contributed by atoms with van der Waals surface area (Å²) in [6.45, 7) is 5.54. The molecule has 0 saturated carbocycles. The molecule has 2 rings (SSSR count). The van der Waals surface area contributed by atoms with Crippen molar-refractivity contribution in [2.45, 2.75) is 33.1 Å². The van der Waals surface area contributed by atoms with Crippen molar-refractivity contribution in [1.82, 2.24) is 0 Å². The van der Waals surface area contributed by atoms with Crippen molar-refractivity contribution in [1.29, 1.82) is 0 Å². The van der Waals surface area contributed by atoms with Gasteiger partial charge in [-0.3, -0.25) is 0 Å². The molecule has 0 aliphatic rings. The highest BCUT2D eigenvalue weighted by Crippen LogP contribution is 2.35. The molecule has 0 atom stereocenters. The van der Waals surface area contributed by atoms with Crippen LogP contribution in [0.2, 0.25) is 0 Å². The van der Waals surface area contributed by atoms with E-state index in [1.165, 1.54) is 6.07 Å². The maximum atomic E-state index is 13.9.